The van der Waals surface area contributed by atoms with Gasteiger partial charge in [-0.2, -0.15) is 13.2 Å². The van der Waals surface area contributed by atoms with Gasteiger partial charge in [-0.1, -0.05) is 30.3 Å². The van der Waals surface area contributed by atoms with E-state index in [1.807, 2.05) is 0 Å². The van der Waals surface area contributed by atoms with Gasteiger partial charge >= 0.3 is 18.4 Å². The van der Waals surface area contributed by atoms with Gasteiger partial charge in [-0.05, 0) is 50.6 Å². The van der Waals surface area contributed by atoms with Crippen molar-refractivity contribution in [3.05, 3.63) is 71.9 Å². The quantitative estimate of drug-likeness (QED) is 0.450. The number of hydrogen-bond donors (Lipinski definition) is 1. The van der Waals surface area contributed by atoms with Gasteiger partial charge in [0, 0.05) is 24.7 Å². The minimum absolute atomic E-state index is 0.0292. The Balaban J connectivity index is 1.53. The Morgan fingerprint density at radius 3 is 2.40 bits per heavy atom. The minimum atomic E-state index is -4.62. The van der Waals surface area contributed by atoms with E-state index in [2.05, 4.69) is 10.3 Å². The summed E-state index contributed by atoms with van der Waals surface area (Å²) in [5, 5.41) is 2.77. The van der Waals surface area contributed by atoms with E-state index in [1.165, 1.54) is 23.2 Å². The molecule has 2 aromatic carbocycles. The van der Waals surface area contributed by atoms with E-state index in [1.54, 1.807) is 51.1 Å². The summed E-state index contributed by atoms with van der Waals surface area (Å²) in [6.45, 7) is 5.02. The summed E-state index contributed by atoms with van der Waals surface area (Å²) in [5.41, 5.74) is -0.651. The standard InChI is InChI=1S/C28H29F3N4O5/c1-27(2,3)40-25(37)34-14-20(15-34)33-24(36)16-35(26(38)39-17-18-7-5-4-6-8-18)23-11-12-32-22-10-9-19(13-21(22)23)28(29,30)31/h4-13,20H,14-17H2,1-3H3,(H,33,36). The molecule has 0 atom stereocenters. The number of halogens is 3. The second-order valence-electron chi connectivity index (χ2n) is 10.3. The van der Waals surface area contributed by atoms with Crippen LogP contribution in [0.1, 0.15) is 31.9 Å². The lowest BCUT2D eigenvalue weighted by molar-refractivity contribution is -0.137. The number of nitrogens with zero attached hydrogens (tertiary/aromatic N) is 3. The van der Waals surface area contributed by atoms with Crippen molar-refractivity contribution < 1.29 is 37.0 Å². The van der Waals surface area contributed by atoms with Crippen LogP contribution in [-0.4, -0.2) is 59.3 Å². The smallest absolute Gasteiger partial charge is 0.416 e. The molecule has 3 amide bonds. The molecule has 2 heterocycles. The summed E-state index contributed by atoms with van der Waals surface area (Å²) in [4.78, 5) is 44.9. The van der Waals surface area contributed by atoms with Crippen molar-refractivity contribution >= 4 is 34.7 Å². The van der Waals surface area contributed by atoms with Gasteiger partial charge in [-0.3, -0.25) is 14.7 Å². The van der Waals surface area contributed by atoms with Crippen molar-refractivity contribution in [2.75, 3.05) is 24.5 Å². The van der Waals surface area contributed by atoms with Crippen LogP contribution in [-0.2, 0) is 27.1 Å². The van der Waals surface area contributed by atoms with Crippen LogP contribution in [0.2, 0.25) is 0 Å². The topological polar surface area (TPSA) is 101 Å². The molecule has 1 saturated heterocycles. The molecule has 1 aliphatic rings. The molecule has 0 aliphatic carbocycles. The Kier molecular flexibility index (Phi) is 8.17. The number of aromatic nitrogens is 1. The molecule has 40 heavy (non-hydrogen) atoms. The van der Waals surface area contributed by atoms with Gasteiger partial charge in [0.25, 0.3) is 0 Å². The first-order valence-electron chi connectivity index (χ1n) is 12.5. The number of fused-ring (bicyclic) bond motifs is 1. The Morgan fingerprint density at radius 2 is 1.75 bits per heavy atom. The molecule has 9 nitrogen and oxygen atoms in total. The Hall–Kier alpha value is -4.35. The maximum absolute atomic E-state index is 13.5. The van der Waals surface area contributed by atoms with E-state index in [-0.39, 0.29) is 42.3 Å². The highest BCUT2D eigenvalue weighted by Gasteiger charge is 2.35. The third-order valence-electron chi connectivity index (χ3n) is 5.96. The van der Waals surface area contributed by atoms with Crippen LogP contribution < -0.4 is 10.2 Å². The van der Waals surface area contributed by atoms with E-state index in [0.29, 0.717) is 5.56 Å². The predicted octanol–water partition coefficient (Wildman–Crippen LogP) is 5.13. The summed E-state index contributed by atoms with van der Waals surface area (Å²) in [5.74, 6) is -0.581. The highest BCUT2D eigenvalue weighted by molar-refractivity contribution is 6.03. The lowest BCUT2D eigenvalue weighted by Crippen LogP contribution is -2.62. The summed E-state index contributed by atoms with van der Waals surface area (Å²) >= 11 is 0. The number of carbonyl (C=O) groups is 3. The van der Waals surface area contributed by atoms with Crippen LogP contribution in [0.3, 0.4) is 0 Å². The SMILES string of the molecule is CC(C)(C)OC(=O)N1CC(NC(=O)CN(C(=O)OCc2ccccc2)c2ccnc3ccc(C(F)(F)F)cc23)C1. The Bertz CT molecular complexity index is 1390. The number of hydrogen-bond acceptors (Lipinski definition) is 6. The maximum atomic E-state index is 13.5. The number of amides is 3. The Morgan fingerprint density at radius 1 is 1.05 bits per heavy atom. The highest BCUT2D eigenvalue weighted by Crippen LogP contribution is 2.34. The van der Waals surface area contributed by atoms with E-state index >= 15 is 0 Å². The Labute approximate surface area is 228 Å². The van der Waals surface area contributed by atoms with Gasteiger partial charge in [0.05, 0.1) is 22.8 Å². The van der Waals surface area contributed by atoms with Gasteiger partial charge < -0.3 is 19.7 Å². The third kappa shape index (κ3) is 7.19. The van der Waals surface area contributed by atoms with E-state index in [4.69, 9.17) is 9.47 Å². The third-order valence-corrected chi connectivity index (χ3v) is 5.96. The first-order chi connectivity index (χ1) is 18.8. The second-order valence-corrected chi connectivity index (χ2v) is 10.3. The molecular weight excluding hydrogens is 529 g/mol. The van der Waals surface area contributed by atoms with Crippen molar-refractivity contribution in [1.29, 1.82) is 0 Å². The molecule has 0 spiro atoms. The predicted molar refractivity (Wildman–Crippen MR) is 140 cm³/mol. The normalized spacial score (nSPS) is 13.9. The molecule has 12 heteroatoms. The zero-order chi connectivity index (χ0) is 29.1. The zero-order valence-corrected chi connectivity index (χ0v) is 22.2. The molecule has 1 aliphatic heterocycles. The first kappa shape index (κ1) is 28.7. The molecule has 0 saturated carbocycles. The molecule has 0 bridgehead atoms. The number of likely N-dealkylation sites (tertiary alicyclic amines) is 1. The summed E-state index contributed by atoms with van der Waals surface area (Å²) < 4.78 is 51.1. The number of carbonyl (C=O) groups excluding carboxylic acids is 3. The van der Waals surface area contributed by atoms with Gasteiger partial charge in [0.1, 0.15) is 18.8 Å². The molecule has 3 aromatic rings. The second kappa shape index (κ2) is 11.4. The van der Waals surface area contributed by atoms with E-state index < -0.39 is 42.0 Å². The zero-order valence-electron chi connectivity index (χ0n) is 22.2. The van der Waals surface area contributed by atoms with Crippen LogP contribution >= 0.6 is 0 Å². The van der Waals surface area contributed by atoms with Crippen molar-refractivity contribution in [3.63, 3.8) is 0 Å². The molecule has 1 aromatic heterocycles. The minimum Gasteiger partial charge on any atom is -0.444 e. The number of benzene rings is 2. The summed E-state index contributed by atoms with van der Waals surface area (Å²) in [7, 11) is 0. The molecule has 0 radical (unpaired) electrons. The molecular formula is C28H29F3N4O5. The van der Waals surface area contributed by atoms with Crippen LogP contribution in [0.4, 0.5) is 28.4 Å². The van der Waals surface area contributed by atoms with Crippen molar-refractivity contribution in [2.45, 2.75) is 45.2 Å². The van der Waals surface area contributed by atoms with Gasteiger partial charge in [0.15, 0.2) is 0 Å². The number of ether oxygens (including phenoxy) is 2. The average molecular weight is 559 g/mol. The molecule has 1 N–H and O–H groups in total. The lowest BCUT2D eigenvalue weighted by Gasteiger charge is -2.40. The number of alkyl halides is 3. The molecule has 4 rings (SSSR count). The summed E-state index contributed by atoms with van der Waals surface area (Å²) in [6.07, 6.45) is -4.72. The van der Waals surface area contributed by atoms with E-state index in [0.717, 1.165) is 17.0 Å². The maximum Gasteiger partial charge on any atom is 0.416 e. The fourth-order valence-electron chi connectivity index (χ4n) is 4.05. The van der Waals surface area contributed by atoms with Crippen LogP contribution in [0.5, 0.6) is 0 Å². The monoisotopic (exact) mass is 558 g/mol. The van der Waals surface area contributed by atoms with Crippen molar-refractivity contribution in [3.8, 4) is 0 Å². The number of rotatable bonds is 6. The van der Waals surface area contributed by atoms with Gasteiger partial charge in [-0.15, -0.1) is 0 Å². The van der Waals surface area contributed by atoms with Crippen molar-refractivity contribution in [2.24, 2.45) is 0 Å². The number of nitrogens with one attached hydrogen (secondary N) is 1. The van der Waals surface area contributed by atoms with Crippen molar-refractivity contribution in [1.82, 2.24) is 15.2 Å². The largest absolute Gasteiger partial charge is 0.444 e. The number of pyridine rings is 1. The lowest BCUT2D eigenvalue weighted by atomic mass is 10.1. The fourth-order valence-corrected chi connectivity index (χ4v) is 4.05. The number of anilines is 1. The van der Waals surface area contributed by atoms with Gasteiger partial charge in [0.2, 0.25) is 5.91 Å². The highest BCUT2D eigenvalue weighted by atomic mass is 19.4. The fraction of sp³-hybridized carbons (Fsp3) is 0.357. The molecule has 1 fully saturated rings. The first-order valence-corrected chi connectivity index (χ1v) is 12.5. The van der Waals surface area contributed by atoms with Crippen LogP contribution in [0.25, 0.3) is 10.9 Å². The van der Waals surface area contributed by atoms with E-state index in [9.17, 15) is 27.6 Å². The molecule has 0 unspecified atom stereocenters. The average Bonchev–Trinajstić information content (AvgIpc) is 2.86. The van der Waals surface area contributed by atoms with Crippen LogP contribution in [0.15, 0.2) is 60.8 Å². The molecule has 212 valence electrons. The van der Waals surface area contributed by atoms with Crippen LogP contribution in [0, 0.1) is 0 Å². The van der Waals surface area contributed by atoms with Gasteiger partial charge in [-0.25, -0.2) is 9.59 Å². The summed E-state index contributed by atoms with van der Waals surface area (Å²) in [6, 6.07) is 12.8.